The molecule has 11 N–H and O–H groups in total. The maximum atomic E-state index is 14.0. The van der Waals surface area contributed by atoms with Crippen LogP contribution in [0.2, 0.25) is 0 Å². The molecule has 3 aliphatic heterocycles. The number of aliphatic hydroxyl groups excluding tert-OH is 2. The highest BCUT2D eigenvalue weighted by Crippen LogP contribution is 2.54. The zero-order valence-corrected chi connectivity index (χ0v) is 39.4. The third kappa shape index (κ3) is 9.63. The Morgan fingerprint density at radius 2 is 0.957 bits per heavy atom. The number of nitrogens with zero attached hydrogens (tertiary/aromatic N) is 12. The molecule has 0 saturated carbocycles. The third-order valence-electron chi connectivity index (χ3n) is 11.7. The number of hydrogen-bond donors (Lipinski definition) is 8. The molecule has 3 aliphatic rings. The number of hydrogen-bond acceptors (Lipinski definition) is 27. The first-order chi connectivity index (χ1) is 33.3. The normalized spacial score (nSPS) is 30.9. The van der Waals surface area contributed by atoms with Gasteiger partial charge in [-0.25, -0.2) is 54.0 Å². The zero-order valence-electron chi connectivity index (χ0n) is 36.7. The van der Waals surface area contributed by atoms with Gasteiger partial charge in [0.2, 0.25) is 0 Å². The molecule has 3 saturated heterocycles. The molecule has 0 spiro atoms. The van der Waals surface area contributed by atoms with E-state index in [1.807, 2.05) is 0 Å². The molecule has 9 heterocycles. The molecule has 3 fully saturated rings. The number of nitrogens with two attached hydrogens (primary N) is 3. The van der Waals surface area contributed by atoms with Crippen LogP contribution in [-0.4, -0.2) is 179 Å². The highest BCUT2D eigenvalue weighted by atomic mass is 31.2. The maximum Gasteiger partial charge on any atom is 0.472 e. The molecule has 6 aromatic heterocycles. The second kappa shape index (κ2) is 19.6. The van der Waals surface area contributed by atoms with E-state index in [2.05, 4.69) is 44.9 Å². The molecule has 36 heteroatoms. The van der Waals surface area contributed by atoms with Gasteiger partial charge in [0.05, 0.1) is 44.5 Å². The zero-order chi connectivity index (χ0) is 49.9. The summed E-state index contributed by atoms with van der Waals surface area (Å²) >= 11 is 0. The Bertz CT molecular complexity index is 3010. The first-order valence-electron chi connectivity index (χ1n) is 20.7. The number of phosphoric ester groups is 2. The number of methoxy groups -OCH3 is 2. The molecule has 33 nitrogen and oxygen atoms in total. The van der Waals surface area contributed by atoms with Crippen LogP contribution in [0.25, 0.3) is 33.5 Å². The Balaban J connectivity index is 0.940. The van der Waals surface area contributed by atoms with Gasteiger partial charge < -0.3 is 70.3 Å². The molecule has 0 aliphatic carbocycles. The number of nitrogen functional groups attached to an aromatic ring is 3. The number of anilines is 3. The van der Waals surface area contributed by atoms with Crippen LogP contribution in [0.4, 0.5) is 17.5 Å². The lowest BCUT2D eigenvalue weighted by Gasteiger charge is -2.27. The molecule has 0 amide bonds. The molecule has 380 valence electrons. The van der Waals surface area contributed by atoms with Gasteiger partial charge in [-0.05, 0) is 6.42 Å². The first kappa shape index (κ1) is 50.1. The molecule has 9 rings (SSSR count). The summed E-state index contributed by atoms with van der Waals surface area (Å²) in [6.07, 6.45) is -10.3. The average Bonchev–Trinajstić information content (AvgIpc) is 4.19. The highest BCUT2D eigenvalue weighted by molar-refractivity contribution is 7.52. The van der Waals surface area contributed by atoms with Gasteiger partial charge in [-0.15, -0.1) is 0 Å². The molecular weight excluding hydrogens is 999 g/mol. The van der Waals surface area contributed by atoms with E-state index in [1.54, 1.807) is 0 Å². The minimum atomic E-state index is -5.25. The average molecular weight is 1050 g/mol. The SMILES string of the molecule is CO[C@H]1[C@@H](OP(=O)(O)OC[C@H]2O[C@@H](n3cnc4c(N)ncnc43)[C@H](OP(=O)(O)OC[C@H]3O[C@@H](n4cnc5c(N)ncnc54)[C@H](O)[C@@H]3O)[C@@H]2OC)[C@H](n2cnc3c(N)ncnc32)O[C@@H]1CCP(=O)(O)OC. The van der Waals surface area contributed by atoms with Crippen molar-refractivity contribution in [2.75, 3.05) is 57.9 Å². The number of phosphoric acid groups is 2. The van der Waals surface area contributed by atoms with Crippen LogP contribution in [0.15, 0.2) is 38.0 Å². The van der Waals surface area contributed by atoms with Gasteiger partial charge >= 0.3 is 23.2 Å². The summed E-state index contributed by atoms with van der Waals surface area (Å²) in [5.41, 5.74) is 18.8. The number of aromatic nitrogens is 12. The van der Waals surface area contributed by atoms with Crippen LogP contribution in [0, 0.1) is 0 Å². The summed E-state index contributed by atoms with van der Waals surface area (Å²) in [4.78, 5) is 69.7. The highest BCUT2D eigenvalue weighted by Gasteiger charge is 2.54. The Labute approximate surface area is 392 Å². The molecule has 3 unspecified atom stereocenters. The van der Waals surface area contributed by atoms with E-state index < -0.39 is 116 Å². The Morgan fingerprint density at radius 1 is 0.557 bits per heavy atom. The minimum absolute atomic E-state index is 0.0167. The van der Waals surface area contributed by atoms with E-state index >= 15 is 0 Å². The fraction of sp³-hybridized carbons (Fsp3) is 0.559. The van der Waals surface area contributed by atoms with Gasteiger partial charge in [0.1, 0.15) is 84.4 Å². The Morgan fingerprint density at radius 3 is 1.40 bits per heavy atom. The van der Waals surface area contributed by atoms with Crippen molar-refractivity contribution < 1.29 is 84.9 Å². The van der Waals surface area contributed by atoms with Gasteiger partial charge in [0.25, 0.3) is 0 Å². The van der Waals surface area contributed by atoms with Gasteiger partial charge in [0, 0.05) is 21.3 Å². The predicted molar refractivity (Wildman–Crippen MR) is 232 cm³/mol. The fourth-order valence-corrected chi connectivity index (χ4v) is 11.0. The molecule has 70 heavy (non-hydrogen) atoms. The van der Waals surface area contributed by atoms with Gasteiger partial charge in [-0.1, -0.05) is 0 Å². The standard InChI is InChI=1S/C34H46N15O18P3/c1-58-22-14(4-5-68(52,53)60-3)63-33(48-12-45-18-27(36)39-9-42-30(18)48)24(22)66-70(56,57)62-7-16-23(59-2)25(34(65-16)49-13-46-19-28(37)40-10-43-31(19)49)67-69(54,55)61-6-15-20(50)21(51)32(64-15)47-11-44-17-26(35)38-8-41-29(17)47/h8-16,20-25,32-34,50-51H,4-7H2,1-3H3,(H,52,53)(H,54,55)(H,56,57)(H2,35,38,41)(H2,36,39,42)(H2,37,40,43)/t14-,15-,16-,20-,21-,22-,23-,24-,25-,32-,33-,34-/m1/s1. The molecule has 6 aromatic rings. The minimum Gasteiger partial charge on any atom is -0.387 e. The summed E-state index contributed by atoms with van der Waals surface area (Å²) in [6.45, 7) is -1.63. The number of aliphatic hydroxyl groups is 2. The number of imidazole rings is 3. The van der Waals surface area contributed by atoms with Crippen molar-refractivity contribution in [3.63, 3.8) is 0 Å². The summed E-state index contributed by atoms with van der Waals surface area (Å²) in [7, 11) is -11.0. The van der Waals surface area contributed by atoms with Crippen molar-refractivity contribution in [3.05, 3.63) is 38.0 Å². The van der Waals surface area contributed by atoms with Crippen LogP contribution in [-0.2, 0) is 60.0 Å². The van der Waals surface area contributed by atoms with Crippen LogP contribution in [0.3, 0.4) is 0 Å². The summed E-state index contributed by atoms with van der Waals surface area (Å²) in [5, 5.41) is 21.9. The molecule has 0 aromatic carbocycles. The summed E-state index contributed by atoms with van der Waals surface area (Å²) < 4.78 is 101. The molecule has 0 radical (unpaired) electrons. The van der Waals surface area contributed by atoms with Crippen molar-refractivity contribution in [1.29, 1.82) is 0 Å². The monoisotopic (exact) mass is 1050 g/mol. The van der Waals surface area contributed by atoms with Crippen LogP contribution in [0.1, 0.15) is 25.1 Å². The summed E-state index contributed by atoms with van der Waals surface area (Å²) in [6, 6.07) is 0. The van der Waals surface area contributed by atoms with Crippen LogP contribution >= 0.6 is 23.2 Å². The van der Waals surface area contributed by atoms with Crippen molar-refractivity contribution in [1.82, 2.24) is 58.6 Å². The lowest BCUT2D eigenvalue weighted by molar-refractivity contribution is -0.0647. The summed E-state index contributed by atoms with van der Waals surface area (Å²) in [5.74, 6) is 0.0404. The lowest BCUT2D eigenvalue weighted by Crippen LogP contribution is -2.38. The third-order valence-corrected chi connectivity index (χ3v) is 15.1. The van der Waals surface area contributed by atoms with E-state index in [-0.39, 0.29) is 57.4 Å². The lowest BCUT2D eigenvalue weighted by atomic mass is 10.1. The molecular formula is C34H46N15O18P3. The van der Waals surface area contributed by atoms with Gasteiger partial charge in [-0.3, -0.25) is 36.4 Å². The second-order valence-electron chi connectivity index (χ2n) is 15.8. The van der Waals surface area contributed by atoms with Crippen LogP contribution < -0.4 is 17.2 Å². The van der Waals surface area contributed by atoms with Crippen molar-refractivity contribution >= 4 is 74.2 Å². The number of fused-ring (bicyclic) bond motifs is 3. The number of ether oxygens (including phenoxy) is 5. The van der Waals surface area contributed by atoms with E-state index in [0.717, 1.165) is 19.8 Å². The Hall–Kier alpha value is -4.86. The smallest absolute Gasteiger partial charge is 0.387 e. The van der Waals surface area contributed by atoms with E-state index in [9.17, 15) is 38.6 Å². The fourth-order valence-electron chi connectivity index (χ4n) is 8.38. The number of rotatable bonds is 19. The predicted octanol–water partition coefficient (Wildman–Crippen LogP) is -1.08. The van der Waals surface area contributed by atoms with Gasteiger partial charge in [0.15, 0.2) is 53.1 Å². The second-order valence-corrected chi connectivity index (χ2v) is 20.7. The first-order valence-corrected chi connectivity index (χ1v) is 25.5. The molecule has 15 atom stereocenters. The van der Waals surface area contributed by atoms with Crippen molar-refractivity contribution in [2.45, 2.75) is 80.0 Å². The molecule has 0 bridgehead atoms. The van der Waals surface area contributed by atoms with E-state index in [1.165, 1.54) is 53.2 Å². The van der Waals surface area contributed by atoms with E-state index in [0.29, 0.717) is 0 Å². The Kier molecular flexibility index (Phi) is 14.0. The topological polar surface area (TPSA) is 454 Å². The largest absolute Gasteiger partial charge is 0.472 e. The van der Waals surface area contributed by atoms with Crippen molar-refractivity contribution in [3.8, 4) is 0 Å². The van der Waals surface area contributed by atoms with Crippen LogP contribution in [0.5, 0.6) is 0 Å². The van der Waals surface area contributed by atoms with Crippen molar-refractivity contribution in [2.24, 2.45) is 0 Å². The van der Waals surface area contributed by atoms with Gasteiger partial charge in [-0.2, -0.15) is 0 Å². The van der Waals surface area contributed by atoms with E-state index in [4.69, 9.17) is 63.5 Å². The quantitative estimate of drug-likeness (QED) is 0.0447. The maximum absolute atomic E-state index is 14.0.